The molecule has 4 atom stereocenters. The van der Waals surface area contributed by atoms with Crippen molar-refractivity contribution in [3.8, 4) is 23.0 Å². The zero-order valence-electron chi connectivity index (χ0n) is 26.0. The smallest absolute Gasteiger partial charge is 0.308 e. The highest BCUT2D eigenvalue weighted by Crippen LogP contribution is 2.48. The number of halogens is 2. The quantitative estimate of drug-likeness (QED) is 0.195. The van der Waals surface area contributed by atoms with Crippen LogP contribution in [0.5, 0.6) is 23.0 Å². The molecule has 1 aliphatic carbocycles. The summed E-state index contributed by atoms with van der Waals surface area (Å²) in [6.07, 6.45) is 0. The van der Waals surface area contributed by atoms with Crippen LogP contribution in [0, 0.1) is 35.3 Å². The van der Waals surface area contributed by atoms with Crippen LogP contribution in [0.25, 0.3) is 0 Å². The third kappa shape index (κ3) is 7.60. The van der Waals surface area contributed by atoms with Gasteiger partial charge in [-0.05, 0) is 83.9 Å². The summed E-state index contributed by atoms with van der Waals surface area (Å²) in [5.41, 5.74) is 1.34. The molecule has 10 nitrogen and oxygen atoms in total. The van der Waals surface area contributed by atoms with E-state index < -0.39 is 59.1 Å². The van der Waals surface area contributed by atoms with Gasteiger partial charge in [0.2, 0.25) is 11.8 Å². The highest BCUT2D eigenvalue weighted by molar-refractivity contribution is 5.99. The number of carbonyl (C=O) groups excluding carboxylic acids is 2. The fraction of sp³-hybridized carbons (Fsp3) is 0.222. The molecule has 0 spiro atoms. The number of carboxylic acids is 2. The monoisotopic (exact) mass is 658 g/mol. The van der Waals surface area contributed by atoms with Crippen molar-refractivity contribution in [3.05, 3.63) is 120 Å². The van der Waals surface area contributed by atoms with Gasteiger partial charge in [-0.2, -0.15) is 0 Å². The van der Waals surface area contributed by atoms with Crippen molar-refractivity contribution >= 4 is 23.8 Å². The molecule has 48 heavy (non-hydrogen) atoms. The summed E-state index contributed by atoms with van der Waals surface area (Å²) in [5.74, 6) is -9.22. The van der Waals surface area contributed by atoms with E-state index in [2.05, 4.69) is 0 Å². The van der Waals surface area contributed by atoms with Crippen molar-refractivity contribution in [2.75, 3.05) is 14.1 Å². The number of ether oxygens (including phenoxy) is 2. The van der Waals surface area contributed by atoms with Gasteiger partial charge in [-0.1, -0.05) is 24.3 Å². The molecule has 0 unspecified atom stereocenters. The average Bonchev–Trinajstić information content (AvgIpc) is 3.04. The number of carbonyl (C=O) groups is 4. The Morgan fingerprint density at radius 3 is 1.06 bits per heavy atom. The number of benzene rings is 4. The SMILES string of the molecule is CN(Cc1ccc(Oc2ccc(F)cc2)cc1)C(=O)[C@H]1[C@@H](C(=O)O)[C@H](C(=O)O)[C@@H]1C(=O)N(C)Cc1ccc(Oc2ccc(F)cc2)cc1. The normalized spacial score (nSPS) is 18.2. The molecule has 4 aromatic carbocycles. The van der Waals surface area contributed by atoms with Crippen molar-refractivity contribution in [2.24, 2.45) is 23.7 Å². The second kappa shape index (κ2) is 14.3. The summed E-state index contributed by atoms with van der Waals surface area (Å²) in [6.45, 7) is 0.110. The van der Waals surface area contributed by atoms with Crippen molar-refractivity contribution in [1.82, 2.24) is 9.80 Å². The van der Waals surface area contributed by atoms with Crippen molar-refractivity contribution in [1.29, 1.82) is 0 Å². The first kappa shape index (κ1) is 33.6. The van der Waals surface area contributed by atoms with Crippen LogP contribution in [0.1, 0.15) is 11.1 Å². The summed E-state index contributed by atoms with van der Waals surface area (Å²) >= 11 is 0. The highest BCUT2D eigenvalue weighted by Gasteiger charge is 2.64. The third-order valence-corrected chi connectivity index (χ3v) is 8.23. The molecular formula is C36H32F2N2O8. The van der Waals surface area contributed by atoms with Gasteiger partial charge in [0.1, 0.15) is 34.6 Å². The van der Waals surface area contributed by atoms with Crippen LogP contribution in [0.4, 0.5) is 8.78 Å². The molecule has 4 aromatic rings. The van der Waals surface area contributed by atoms with Crippen LogP contribution in [-0.4, -0.2) is 57.9 Å². The average molecular weight is 659 g/mol. The predicted molar refractivity (Wildman–Crippen MR) is 168 cm³/mol. The van der Waals surface area contributed by atoms with Gasteiger partial charge >= 0.3 is 11.9 Å². The lowest BCUT2D eigenvalue weighted by Gasteiger charge is -2.47. The number of aliphatic carboxylic acids is 2. The molecule has 12 heteroatoms. The van der Waals surface area contributed by atoms with Gasteiger partial charge < -0.3 is 29.5 Å². The summed E-state index contributed by atoms with van der Waals surface area (Å²) < 4.78 is 37.7. The second-order valence-electron chi connectivity index (χ2n) is 11.6. The van der Waals surface area contributed by atoms with E-state index in [1.165, 1.54) is 72.4 Å². The van der Waals surface area contributed by atoms with Crippen LogP contribution >= 0.6 is 0 Å². The molecule has 0 saturated heterocycles. The Morgan fingerprint density at radius 1 is 0.521 bits per heavy atom. The minimum atomic E-state index is -1.59. The minimum absolute atomic E-state index is 0.0549. The summed E-state index contributed by atoms with van der Waals surface area (Å²) in [6, 6.07) is 24.4. The lowest BCUT2D eigenvalue weighted by molar-refractivity contribution is -0.187. The largest absolute Gasteiger partial charge is 0.481 e. The van der Waals surface area contributed by atoms with E-state index in [-0.39, 0.29) is 13.1 Å². The van der Waals surface area contributed by atoms with Crippen LogP contribution < -0.4 is 9.47 Å². The Balaban J connectivity index is 1.25. The Kier molecular flexibility index (Phi) is 10.0. The number of nitrogens with zero attached hydrogens (tertiary/aromatic N) is 2. The topological polar surface area (TPSA) is 134 Å². The maximum atomic E-state index is 13.7. The number of amides is 2. The number of carboxylic acid groups (broad SMARTS) is 2. The lowest BCUT2D eigenvalue weighted by atomic mass is 9.55. The zero-order valence-corrected chi connectivity index (χ0v) is 26.0. The van der Waals surface area contributed by atoms with E-state index in [0.29, 0.717) is 34.1 Å². The molecule has 2 amide bonds. The lowest BCUT2D eigenvalue weighted by Crippen LogP contribution is -2.63. The van der Waals surface area contributed by atoms with Gasteiger partial charge in [0.05, 0.1) is 23.7 Å². The molecule has 1 fully saturated rings. The van der Waals surface area contributed by atoms with Crippen LogP contribution in [0.3, 0.4) is 0 Å². The summed E-state index contributed by atoms with van der Waals surface area (Å²) in [7, 11) is 2.91. The van der Waals surface area contributed by atoms with E-state index in [0.717, 1.165) is 0 Å². The van der Waals surface area contributed by atoms with E-state index >= 15 is 0 Å². The molecule has 1 aliphatic rings. The second-order valence-corrected chi connectivity index (χ2v) is 11.6. The molecule has 0 aromatic heterocycles. The molecule has 0 aliphatic heterocycles. The predicted octanol–water partition coefficient (Wildman–Crippen LogP) is 5.81. The van der Waals surface area contributed by atoms with Crippen LogP contribution in [-0.2, 0) is 32.3 Å². The fourth-order valence-electron chi connectivity index (χ4n) is 5.79. The molecule has 2 N–H and O–H groups in total. The standard InChI is InChI=1S/C36H32F2N2O8/c1-39(19-21-3-11-25(12-4-21)47-27-15-7-23(37)8-16-27)33(41)29-30(32(36(45)46)31(29)35(43)44)34(42)40(2)20-22-5-13-26(14-6-22)48-28-17-9-24(38)10-18-28/h3-18,29-32H,19-20H2,1-2H3,(H,43,44)(H,45,46)/t29-,30-,31-,32-/m1/s1. The van der Waals surface area contributed by atoms with E-state index in [1.54, 1.807) is 48.5 Å². The Hall–Kier alpha value is -5.78. The van der Waals surface area contributed by atoms with E-state index in [4.69, 9.17) is 9.47 Å². The van der Waals surface area contributed by atoms with Gasteiger partial charge in [-0.25, -0.2) is 8.78 Å². The number of hydrogen-bond donors (Lipinski definition) is 2. The number of rotatable bonds is 12. The molecule has 5 rings (SSSR count). The van der Waals surface area contributed by atoms with Crippen molar-refractivity contribution in [2.45, 2.75) is 13.1 Å². The molecular weight excluding hydrogens is 626 g/mol. The molecule has 0 radical (unpaired) electrons. The first-order valence-corrected chi connectivity index (χ1v) is 14.9. The maximum Gasteiger partial charge on any atom is 0.308 e. The summed E-state index contributed by atoms with van der Waals surface area (Å²) in [5, 5.41) is 19.8. The molecule has 0 bridgehead atoms. The number of hydrogen-bond acceptors (Lipinski definition) is 6. The fourth-order valence-corrected chi connectivity index (χ4v) is 5.79. The van der Waals surface area contributed by atoms with Crippen molar-refractivity contribution in [3.63, 3.8) is 0 Å². The summed E-state index contributed by atoms with van der Waals surface area (Å²) in [4.78, 5) is 54.2. The van der Waals surface area contributed by atoms with Crippen LogP contribution in [0.2, 0.25) is 0 Å². The Labute approximate surface area is 274 Å². The van der Waals surface area contributed by atoms with Gasteiger partial charge in [0.25, 0.3) is 0 Å². The Morgan fingerprint density at radius 2 is 0.792 bits per heavy atom. The van der Waals surface area contributed by atoms with Gasteiger partial charge in [-0.3, -0.25) is 19.2 Å². The van der Waals surface area contributed by atoms with Gasteiger partial charge in [0.15, 0.2) is 0 Å². The van der Waals surface area contributed by atoms with Crippen molar-refractivity contribution < 1.29 is 47.6 Å². The molecule has 1 saturated carbocycles. The van der Waals surface area contributed by atoms with Gasteiger partial charge in [-0.15, -0.1) is 0 Å². The molecule has 248 valence electrons. The first-order chi connectivity index (χ1) is 22.9. The van der Waals surface area contributed by atoms with E-state index in [1.807, 2.05) is 0 Å². The Bertz CT molecular complexity index is 1650. The maximum absolute atomic E-state index is 13.7. The minimum Gasteiger partial charge on any atom is -0.481 e. The third-order valence-electron chi connectivity index (χ3n) is 8.23. The zero-order chi connectivity index (χ0) is 34.5. The highest BCUT2D eigenvalue weighted by atomic mass is 19.1. The van der Waals surface area contributed by atoms with E-state index in [9.17, 15) is 38.2 Å². The van der Waals surface area contributed by atoms with Gasteiger partial charge in [0, 0.05) is 27.2 Å². The van der Waals surface area contributed by atoms with Crippen LogP contribution in [0.15, 0.2) is 97.1 Å². The first-order valence-electron chi connectivity index (χ1n) is 14.9. The molecule has 0 heterocycles.